The van der Waals surface area contributed by atoms with Gasteiger partial charge in [-0.25, -0.2) is 0 Å². The Bertz CT molecular complexity index is 693. The number of aromatic nitrogens is 1. The topological polar surface area (TPSA) is 69.2 Å². The Hall–Kier alpha value is -1.95. The van der Waals surface area contributed by atoms with Gasteiger partial charge in [0.05, 0.1) is 18.3 Å². The molecule has 1 saturated heterocycles. The highest BCUT2D eigenvalue weighted by molar-refractivity contribution is 5.46. The monoisotopic (exact) mass is 338 g/mol. The fraction of sp³-hybridized carbons (Fsp3) is 0.450. The Labute approximate surface area is 148 Å². The van der Waals surface area contributed by atoms with Crippen LogP contribution in [-0.2, 0) is 0 Å². The van der Waals surface area contributed by atoms with E-state index in [4.69, 9.17) is 0 Å². The molecule has 1 aliphatic carbocycles. The molecule has 0 spiro atoms. The van der Waals surface area contributed by atoms with Crippen LogP contribution in [0.4, 0.5) is 5.69 Å². The molecular weight excluding hydrogens is 312 g/mol. The summed E-state index contributed by atoms with van der Waals surface area (Å²) in [5.41, 5.74) is 10.0. The molecular formula is C20H26N4O. The lowest BCUT2D eigenvalue weighted by Crippen LogP contribution is -2.34. The third-order valence-corrected chi connectivity index (χ3v) is 5.59. The van der Waals surface area contributed by atoms with E-state index in [2.05, 4.69) is 27.2 Å². The molecule has 0 bridgehead atoms. The van der Waals surface area contributed by atoms with Gasteiger partial charge in [0, 0.05) is 25.0 Å². The third-order valence-electron chi connectivity index (χ3n) is 5.59. The zero-order valence-corrected chi connectivity index (χ0v) is 14.4. The van der Waals surface area contributed by atoms with Crippen molar-refractivity contribution in [1.29, 1.82) is 0 Å². The number of pyridine rings is 1. The quantitative estimate of drug-likeness (QED) is 0.675. The normalized spacial score (nSPS) is 26.8. The van der Waals surface area contributed by atoms with Crippen molar-refractivity contribution in [2.45, 2.75) is 37.3 Å². The van der Waals surface area contributed by atoms with E-state index in [1.165, 1.54) is 24.8 Å². The van der Waals surface area contributed by atoms with Crippen LogP contribution in [0.5, 0.6) is 0 Å². The summed E-state index contributed by atoms with van der Waals surface area (Å²) >= 11 is 0. The van der Waals surface area contributed by atoms with E-state index in [1.807, 2.05) is 42.7 Å². The number of fused-ring (bicyclic) bond motifs is 1. The van der Waals surface area contributed by atoms with Crippen LogP contribution in [-0.4, -0.2) is 29.3 Å². The second-order valence-electron chi connectivity index (χ2n) is 7.20. The van der Waals surface area contributed by atoms with E-state index >= 15 is 0 Å². The highest BCUT2D eigenvalue weighted by Crippen LogP contribution is 2.37. The van der Waals surface area contributed by atoms with Crippen LogP contribution in [0.2, 0.25) is 0 Å². The molecule has 4 rings (SSSR count). The summed E-state index contributed by atoms with van der Waals surface area (Å²) in [5, 5.41) is 13.2. The molecule has 2 fully saturated rings. The van der Waals surface area contributed by atoms with Crippen molar-refractivity contribution in [1.82, 2.24) is 15.8 Å². The van der Waals surface area contributed by atoms with E-state index in [1.54, 1.807) is 0 Å². The number of anilines is 1. The first-order chi connectivity index (χ1) is 12.3. The summed E-state index contributed by atoms with van der Waals surface area (Å²) in [5.74, 6) is 1.28. The highest BCUT2D eigenvalue weighted by Gasteiger charge is 2.34. The van der Waals surface area contributed by atoms with Gasteiger partial charge in [-0.15, -0.1) is 0 Å². The van der Waals surface area contributed by atoms with Crippen LogP contribution >= 0.6 is 0 Å². The number of hydrogen-bond donors (Lipinski definition) is 4. The number of rotatable bonds is 5. The Morgan fingerprint density at radius 2 is 2.08 bits per heavy atom. The van der Waals surface area contributed by atoms with E-state index in [-0.39, 0.29) is 12.6 Å². The predicted octanol–water partition coefficient (Wildman–Crippen LogP) is 2.59. The van der Waals surface area contributed by atoms with Gasteiger partial charge in [-0.2, -0.15) is 0 Å². The predicted molar refractivity (Wildman–Crippen MR) is 99.1 cm³/mol. The molecule has 1 aromatic heterocycles. The summed E-state index contributed by atoms with van der Waals surface area (Å²) in [4.78, 5) is 4.45. The van der Waals surface area contributed by atoms with Crippen LogP contribution in [0.3, 0.4) is 0 Å². The molecule has 4 N–H and O–H groups in total. The van der Waals surface area contributed by atoms with Gasteiger partial charge in [-0.3, -0.25) is 15.8 Å². The number of hydrogen-bond acceptors (Lipinski definition) is 5. The van der Waals surface area contributed by atoms with Gasteiger partial charge in [-0.1, -0.05) is 30.3 Å². The van der Waals surface area contributed by atoms with Crippen molar-refractivity contribution in [2.24, 2.45) is 5.92 Å². The summed E-state index contributed by atoms with van der Waals surface area (Å²) in [6.45, 7) is 1.12. The number of aliphatic hydroxyl groups excluding tert-OH is 1. The standard InChI is InChI=1S/C20H26N4O/c25-13-20(14-4-2-1-3-5-14)23-18-9-16(10-21-12-18)15-6-7-19-17(8-15)11-22-24-19/h1-5,9-10,12,15,17,19-20,22-25H,6-8,11,13H2/t15?,17?,19?,20-/m0/s1. The fourth-order valence-electron chi connectivity index (χ4n) is 4.18. The zero-order valence-electron chi connectivity index (χ0n) is 14.4. The van der Waals surface area contributed by atoms with Gasteiger partial charge < -0.3 is 10.4 Å². The Kier molecular flexibility index (Phi) is 4.97. The number of nitrogens with zero attached hydrogens (tertiary/aromatic N) is 1. The van der Waals surface area contributed by atoms with Gasteiger partial charge in [0.25, 0.3) is 0 Å². The minimum absolute atomic E-state index is 0.0543. The van der Waals surface area contributed by atoms with E-state index in [9.17, 15) is 5.11 Å². The van der Waals surface area contributed by atoms with Crippen LogP contribution in [0.25, 0.3) is 0 Å². The van der Waals surface area contributed by atoms with Crippen molar-refractivity contribution in [3.8, 4) is 0 Å². The molecule has 132 valence electrons. The molecule has 1 aliphatic heterocycles. The third kappa shape index (κ3) is 3.68. The first-order valence-corrected chi connectivity index (χ1v) is 9.19. The molecule has 4 atom stereocenters. The summed E-state index contributed by atoms with van der Waals surface area (Å²) in [7, 11) is 0. The molecule has 3 unspecified atom stereocenters. The molecule has 25 heavy (non-hydrogen) atoms. The molecule has 5 nitrogen and oxygen atoms in total. The SMILES string of the molecule is OC[C@H](Nc1cncc(C2CCC3NNCC3C2)c1)c1ccccc1. The van der Waals surface area contributed by atoms with Crippen LogP contribution in [0.1, 0.15) is 42.3 Å². The van der Waals surface area contributed by atoms with Crippen molar-refractivity contribution in [3.63, 3.8) is 0 Å². The maximum atomic E-state index is 9.76. The largest absolute Gasteiger partial charge is 0.394 e. The maximum Gasteiger partial charge on any atom is 0.0745 e. The summed E-state index contributed by atoms with van der Waals surface area (Å²) in [6.07, 6.45) is 7.46. The minimum Gasteiger partial charge on any atom is -0.394 e. The van der Waals surface area contributed by atoms with Crippen LogP contribution in [0.15, 0.2) is 48.8 Å². The lowest BCUT2D eigenvalue weighted by atomic mass is 9.76. The summed E-state index contributed by atoms with van der Waals surface area (Å²) in [6, 6.07) is 12.8. The van der Waals surface area contributed by atoms with Gasteiger partial charge in [0.2, 0.25) is 0 Å². The lowest BCUT2D eigenvalue weighted by molar-refractivity contribution is 0.276. The molecule has 1 aromatic carbocycles. The fourth-order valence-corrected chi connectivity index (χ4v) is 4.18. The maximum absolute atomic E-state index is 9.76. The van der Waals surface area contributed by atoms with Crippen LogP contribution in [0, 0.1) is 5.92 Å². The van der Waals surface area contributed by atoms with Crippen molar-refractivity contribution in [2.75, 3.05) is 18.5 Å². The number of nitrogens with one attached hydrogen (secondary N) is 3. The Morgan fingerprint density at radius 3 is 2.92 bits per heavy atom. The van der Waals surface area contributed by atoms with Crippen molar-refractivity contribution < 1.29 is 5.11 Å². The van der Waals surface area contributed by atoms with Gasteiger partial charge in [0.15, 0.2) is 0 Å². The number of hydrazine groups is 1. The van der Waals surface area contributed by atoms with Crippen molar-refractivity contribution in [3.05, 3.63) is 59.9 Å². The van der Waals surface area contributed by atoms with E-state index < -0.39 is 0 Å². The molecule has 1 saturated carbocycles. The highest BCUT2D eigenvalue weighted by atomic mass is 16.3. The first-order valence-electron chi connectivity index (χ1n) is 9.19. The number of aliphatic hydroxyl groups is 1. The molecule has 0 amide bonds. The molecule has 2 heterocycles. The first kappa shape index (κ1) is 16.5. The lowest BCUT2D eigenvalue weighted by Gasteiger charge is -2.31. The van der Waals surface area contributed by atoms with Crippen molar-refractivity contribution >= 4 is 5.69 Å². The Balaban J connectivity index is 1.47. The van der Waals surface area contributed by atoms with E-state index in [0.717, 1.165) is 17.8 Å². The molecule has 2 aliphatic rings. The summed E-state index contributed by atoms with van der Waals surface area (Å²) < 4.78 is 0. The van der Waals surface area contributed by atoms with Gasteiger partial charge in [-0.05, 0) is 48.3 Å². The smallest absolute Gasteiger partial charge is 0.0745 e. The molecule has 2 aromatic rings. The number of benzene rings is 1. The van der Waals surface area contributed by atoms with Gasteiger partial charge >= 0.3 is 0 Å². The van der Waals surface area contributed by atoms with Crippen LogP contribution < -0.4 is 16.2 Å². The second-order valence-corrected chi connectivity index (χ2v) is 7.20. The van der Waals surface area contributed by atoms with E-state index in [0.29, 0.717) is 17.9 Å². The molecule has 5 heteroatoms. The molecule has 0 radical (unpaired) electrons. The average molecular weight is 338 g/mol. The minimum atomic E-state index is -0.114. The second kappa shape index (κ2) is 7.52. The Morgan fingerprint density at radius 1 is 1.20 bits per heavy atom. The van der Waals surface area contributed by atoms with Gasteiger partial charge in [0.1, 0.15) is 0 Å². The average Bonchev–Trinajstić information content (AvgIpc) is 3.15. The zero-order chi connectivity index (χ0) is 17.1.